The molecule has 28 heavy (non-hydrogen) atoms. The maximum absolute atomic E-state index is 11.8. The molecule has 4 unspecified atom stereocenters. The molecule has 11 heteroatoms. The molecule has 0 aliphatic carbocycles. The van der Waals surface area contributed by atoms with E-state index in [-0.39, 0.29) is 37.2 Å². The molecule has 0 bridgehead atoms. The largest absolute Gasteiger partial charge is 0.464 e. The van der Waals surface area contributed by atoms with Gasteiger partial charge in [-0.25, -0.2) is 9.88 Å². The number of carbonyl (C=O) groups is 1. The van der Waals surface area contributed by atoms with Crippen LogP contribution in [0.15, 0.2) is 21.9 Å². The summed E-state index contributed by atoms with van der Waals surface area (Å²) in [6, 6.07) is 0.960. The molecular weight excluding hydrogens is 389 g/mol. The Morgan fingerprint density at radius 2 is 1.96 bits per heavy atom. The summed E-state index contributed by atoms with van der Waals surface area (Å²) in [5.74, 6) is -0.513. The molecule has 0 saturated carbocycles. The monoisotopic (exact) mass is 419 g/mol. The standard InChI is InChI=1S/C17H30N3O7P/c1-6-14(27-13(5)20-8-7-15(21)18-17(20)23)10-26-28(24)19-12(4)9-25-16(22)11(2)3/h7-8,11-14,19,24H,6,9-10H2,1-5H3,(H,18,21,23). The van der Waals surface area contributed by atoms with Gasteiger partial charge in [0, 0.05) is 18.3 Å². The number of esters is 1. The summed E-state index contributed by atoms with van der Waals surface area (Å²) in [5, 5.41) is 2.82. The first kappa shape index (κ1) is 24.5. The van der Waals surface area contributed by atoms with Crippen LogP contribution in [0, 0.1) is 5.92 Å². The molecule has 1 aromatic heterocycles. The van der Waals surface area contributed by atoms with Crippen molar-refractivity contribution in [2.24, 2.45) is 5.92 Å². The van der Waals surface area contributed by atoms with Gasteiger partial charge in [-0.2, -0.15) is 0 Å². The molecule has 3 N–H and O–H groups in total. The normalized spacial score (nSPS) is 15.8. The first-order valence-electron chi connectivity index (χ1n) is 9.15. The Hall–Kier alpha value is -1.58. The molecule has 1 heterocycles. The first-order valence-corrected chi connectivity index (χ1v) is 10.4. The molecule has 0 aromatic carbocycles. The summed E-state index contributed by atoms with van der Waals surface area (Å²) in [4.78, 5) is 46.6. The lowest BCUT2D eigenvalue weighted by Gasteiger charge is -2.24. The van der Waals surface area contributed by atoms with Crippen molar-refractivity contribution in [3.63, 3.8) is 0 Å². The van der Waals surface area contributed by atoms with Crippen LogP contribution in [0.2, 0.25) is 0 Å². The molecule has 0 spiro atoms. The molecule has 0 radical (unpaired) electrons. The number of nitrogens with zero attached hydrogens (tertiary/aromatic N) is 1. The molecule has 0 fully saturated rings. The van der Waals surface area contributed by atoms with Gasteiger partial charge in [0.1, 0.15) is 12.8 Å². The Labute approximate surface area is 165 Å². The minimum absolute atomic E-state index is 0.104. The van der Waals surface area contributed by atoms with Gasteiger partial charge in [0.05, 0.1) is 18.6 Å². The van der Waals surface area contributed by atoms with Crippen molar-refractivity contribution in [3.8, 4) is 0 Å². The second kappa shape index (κ2) is 12.1. The molecule has 4 atom stereocenters. The number of nitrogens with one attached hydrogen (secondary N) is 2. The molecular formula is C17H30N3O7P. The van der Waals surface area contributed by atoms with Gasteiger partial charge in [-0.05, 0) is 20.3 Å². The van der Waals surface area contributed by atoms with Crippen LogP contribution in [0.25, 0.3) is 0 Å². The zero-order valence-corrected chi connectivity index (χ0v) is 17.8. The number of rotatable bonds is 12. The number of hydrogen-bond acceptors (Lipinski definition) is 8. The van der Waals surface area contributed by atoms with Gasteiger partial charge in [-0.15, -0.1) is 0 Å². The van der Waals surface area contributed by atoms with Crippen molar-refractivity contribution < 1.29 is 23.7 Å². The lowest BCUT2D eigenvalue weighted by atomic mass is 10.2. The van der Waals surface area contributed by atoms with E-state index in [0.717, 1.165) is 0 Å². The van der Waals surface area contributed by atoms with Crippen LogP contribution in [-0.4, -0.2) is 45.8 Å². The third-order valence-electron chi connectivity index (χ3n) is 3.75. The third-order valence-corrected chi connectivity index (χ3v) is 4.80. The summed E-state index contributed by atoms with van der Waals surface area (Å²) >= 11 is 0. The molecule has 0 aliphatic rings. The number of hydrogen-bond donors (Lipinski definition) is 3. The third kappa shape index (κ3) is 8.62. The van der Waals surface area contributed by atoms with Crippen LogP contribution in [0.3, 0.4) is 0 Å². The maximum atomic E-state index is 11.8. The summed E-state index contributed by atoms with van der Waals surface area (Å²) < 4.78 is 17.5. The highest BCUT2D eigenvalue weighted by molar-refractivity contribution is 7.43. The lowest BCUT2D eigenvalue weighted by molar-refractivity contribution is -0.147. The average Bonchev–Trinajstić information content (AvgIpc) is 2.62. The minimum atomic E-state index is -1.93. The number of H-pyrrole nitrogens is 1. The van der Waals surface area contributed by atoms with E-state index in [1.807, 2.05) is 6.92 Å². The van der Waals surface area contributed by atoms with E-state index < -0.39 is 26.0 Å². The van der Waals surface area contributed by atoms with Crippen LogP contribution < -0.4 is 16.3 Å². The maximum Gasteiger partial charge on any atom is 0.330 e. The Bertz CT molecular complexity index is 721. The van der Waals surface area contributed by atoms with Crippen molar-refractivity contribution in [1.82, 2.24) is 14.6 Å². The summed E-state index contributed by atoms with van der Waals surface area (Å²) in [7, 11) is -1.93. The van der Waals surface area contributed by atoms with E-state index in [0.29, 0.717) is 6.42 Å². The number of carbonyl (C=O) groups excluding carboxylic acids is 1. The van der Waals surface area contributed by atoms with Crippen LogP contribution in [0.1, 0.15) is 47.3 Å². The predicted octanol–water partition coefficient (Wildman–Crippen LogP) is 1.26. The van der Waals surface area contributed by atoms with E-state index in [1.54, 1.807) is 27.7 Å². The first-order chi connectivity index (χ1) is 13.1. The SMILES string of the molecule is CCC(COP(O)NC(C)COC(=O)C(C)C)OC(C)n1ccc(=O)[nH]c1=O. The van der Waals surface area contributed by atoms with Gasteiger partial charge in [0.25, 0.3) is 14.1 Å². The zero-order valence-electron chi connectivity index (χ0n) is 16.9. The molecule has 1 rings (SSSR count). The summed E-state index contributed by atoms with van der Waals surface area (Å²) in [6.07, 6.45) is 0.958. The number of aromatic nitrogens is 2. The number of ether oxygens (including phenoxy) is 2. The Morgan fingerprint density at radius 3 is 2.54 bits per heavy atom. The van der Waals surface area contributed by atoms with Gasteiger partial charge >= 0.3 is 11.7 Å². The highest BCUT2D eigenvalue weighted by Crippen LogP contribution is 2.28. The van der Waals surface area contributed by atoms with Gasteiger partial charge in [0.15, 0.2) is 0 Å². The fourth-order valence-corrected chi connectivity index (χ4v) is 2.94. The Morgan fingerprint density at radius 1 is 1.29 bits per heavy atom. The fourth-order valence-electron chi connectivity index (χ4n) is 2.10. The van der Waals surface area contributed by atoms with Gasteiger partial charge in [-0.1, -0.05) is 20.8 Å². The zero-order chi connectivity index (χ0) is 21.3. The summed E-state index contributed by atoms with van der Waals surface area (Å²) in [5.41, 5.74) is -1.04. The van der Waals surface area contributed by atoms with Crippen LogP contribution in [-0.2, 0) is 18.8 Å². The highest BCUT2D eigenvalue weighted by Gasteiger charge is 2.18. The van der Waals surface area contributed by atoms with Crippen LogP contribution in [0.4, 0.5) is 0 Å². The highest BCUT2D eigenvalue weighted by atomic mass is 31.2. The van der Waals surface area contributed by atoms with Gasteiger partial charge < -0.3 is 18.9 Å². The molecule has 160 valence electrons. The molecule has 10 nitrogen and oxygen atoms in total. The summed E-state index contributed by atoms with van der Waals surface area (Å²) in [6.45, 7) is 9.04. The van der Waals surface area contributed by atoms with Crippen LogP contribution >= 0.6 is 8.53 Å². The Balaban J connectivity index is 2.44. The van der Waals surface area contributed by atoms with Crippen molar-refractivity contribution in [2.75, 3.05) is 13.2 Å². The van der Waals surface area contributed by atoms with Crippen molar-refractivity contribution in [1.29, 1.82) is 0 Å². The second-order valence-corrected chi connectivity index (χ2v) is 7.73. The van der Waals surface area contributed by atoms with Crippen molar-refractivity contribution in [2.45, 2.75) is 59.4 Å². The smallest absolute Gasteiger partial charge is 0.330 e. The van der Waals surface area contributed by atoms with E-state index in [1.165, 1.54) is 16.8 Å². The molecule has 1 aromatic rings. The van der Waals surface area contributed by atoms with Crippen molar-refractivity contribution >= 4 is 14.5 Å². The molecule has 0 saturated heterocycles. The quantitative estimate of drug-likeness (QED) is 0.341. The predicted molar refractivity (Wildman–Crippen MR) is 105 cm³/mol. The topological polar surface area (TPSA) is 132 Å². The second-order valence-electron chi connectivity index (χ2n) is 6.67. The molecule has 0 aliphatic heterocycles. The van der Waals surface area contributed by atoms with Gasteiger partial charge in [0.2, 0.25) is 0 Å². The Kier molecular flexibility index (Phi) is 10.6. The lowest BCUT2D eigenvalue weighted by Crippen LogP contribution is -2.34. The molecule has 0 amide bonds. The fraction of sp³-hybridized carbons (Fsp3) is 0.706. The van der Waals surface area contributed by atoms with Crippen LogP contribution in [0.5, 0.6) is 0 Å². The minimum Gasteiger partial charge on any atom is -0.464 e. The van der Waals surface area contributed by atoms with E-state index in [4.69, 9.17) is 14.0 Å². The van der Waals surface area contributed by atoms with Crippen molar-refractivity contribution in [3.05, 3.63) is 33.1 Å². The van der Waals surface area contributed by atoms with E-state index in [9.17, 15) is 19.3 Å². The van der Waals surface area contributed by atoms with Gasteiger partial charge in [-0.3, -0.25) is 19.1 Å². The van der Waals surface area contributed by atoms with E-state index in [2.05, 4.69) is 10.1 Å². The number of aromatic amines is 1. The average molecular weight is 419 g/mol. The van der Waals surface area contributed by atoms with E-state index >= 15 is 0 Å².